The maximum atomic E-state index is 11.1. The molecule has 0 unspecified atom stereocenters. The molecule has 17 heavy (non-hydrogen) atoms. The standard InChI is InChI=1S/C14H13NOS/c1-10(16)17-13-9-5-8-12(14(13)15)11-6-3-2-4-7-11/h2-9H,15H2,1H3. The van der Waals surface area contributed by atoms with Gasteiger partial charge in [-0.15, -0.1) is 0 Å². The first-order valence-corrected chi connectivity index (χ1v) is 6.12. The molecule has 0 spiro atoms. The predicted octanol–water partition coefficient (Wildman–Crippen LogP) is 3.57. The van der Waals surface area contributed by atoms with E-state index in [0.717, 1.165) is 16.0 Å². The van der Waals surface area contributed by atoms with Gasteiger partial charge in [-0.1, -0.05) is 54.2 Å². The lowest BCUT2D eigenvalue weighted by molar-refractivity contribution is -0.109. The van der Waals surface area contributed by atoms with Crippen LogP contribution in [0.2, 0.25) is 0 Å². The van der Waals surface area contributed by atoms with Crippen LogP contribution in [0.25, 0.3) is 11.1 Å². The molecule has 2 N–H and O–H groups in total. The van der Waals surface area contributed by atoms with Gasteiger partial charge in [-0.25, -0.2) is 0 Å². The fourth-order valence-electron chi connectivity index (χ4n) is 1.66. The van der Waals surface area contributed by atoms with Crippen molar-refractivity contribution in [3.05, 3.63) is 48.5 Å². The molecule has 0 saturated carbocycles. The van der Waals surface area contributed by atoms with Crippen LogP contribution < -0.4 is 5.73 Å². The van der Waals surface area contributed by atoms with Crippen LogP contribution in [-0.4, -0.2) is 5.12 Å². The summed E-state index contributed by atoms with van der Waals surface area (Å²) < 4.78 is 0. The lowest BCUT2D eigenvalue weighted by Gasteiger charge is -2.09. The molecular weight excluding hydrogens is 230 g/mol. The lowest BCUT2D eigenvalue weighted by Crippen LogP contribution is -1.94. The number of hydrogen-bond acceptors (Lipinski definition) is 3. The van der Waals surface area contributed by atoms with Gasteiger partial charge >= 0.3 is 0 Å². The highest BCUT2D eigenvalue weighted by Gasteiger charge is 2.08. The van der Waals surface area contributed by atoms with Gasteiger partial charge in [0.15, 0.2) is 5.12 Å². The van der Waals surface area contributed by atoms with Gasteiger partial charge in [-0.2, -0.15) is 0 Å². The van der Waals surface area contributed by atoms with Gasteiger partial charge in [-0.3, -0.25) is 4.79 Å². The zero-order chi connectivity index (χ0) is 12.3. The molecule has 0 aliphatic rings. The van der Waals surface area contributed by atoms with E-state index in [1.54, 1.807) is 6.92 Å². The number of rotatable bonds is 2. The Hall–Kier alpha value is -1.74. The molecule has 0 aliphatic carbocycles. The molecular formula is C14H13NOS. The Morgan fingerprint density at radius 3 is 2.41 bits per heavy atom. The molecule has 0 fully saturated rings. The van der Waals surface area contributed by atoms with E-state index < -0.39 is 0 Å². The number of nitrogens with two attached hydrogens (primary N) is 1. The van der Waals surface area contributed by atoms with Crippen LogP contribution in [0.1, 0.15) is 6.92 Å². The van der Waals surface area contributed by atoms with Crippen molar-refractivity contribution in [2.24, 2.45) is 0 Å². The van der Waals surface area contributed by atoms with Gasteiger partial charge in [0.1, 0.15) is 0 Å². The summed E-state index contributed by atoms with van der Waals surface area (Å²) in [5.74, 6) is 0. The van der Waals surface area contributed by atoms with Crippen molar-refractivity contribution in [1.82, 2.24) is 0 Å². The number of carbonyl (C=O) groups is 1. The van der Waals surface area contributed by atoms with Gasteiger partial charge in [0.2, 0.25) is 0 Å². The summed E-state index contributed by atoms with van der Waals surface area (Å²) in [6, 6.07) is 15.7. The highest BCUT2D eigenvalue weighted by molar-refractivity contribution is 8.13. The van der Waals surface area contributed by atoms with E-state index in [0.29, 0.717) is 5.69 Å². The van der Waals surface area contributed by atoms with Crippen molar-refractivity contribution in [2.75, 3.05) is 5.73 Å². The molecule has 2 rings (SSSR count). The fraction of sp³-hybridized carbons (Fsp3) is 0.0714. The molecule has 0 aliphatic heterocycles. The van der Waals surface area contributed by atoms with Gasteiger partial charge in [0.25, 0.3) is 0 Å². The first kappa shape index (κ1) is 11.7. The summed E-state index contributed by atoms with van der Waals surface area (Å²) in [5.41, 5.74) is 8.79. The molecule has 2 aromatic rings. The molecule has 0 amide bonds. The maximum Gasteiger partial charge on any atom is 0.190 e. The largest absolute Gasteiger partial charge is 0.397 e. The van der Waals surface area contributed by atoms with Crippen molar-refractivity contribution in [2.45, 2.75) is 11.8 Å². The van der Waals surface area contributed by atoms with Crippen LogP contribution in [0.5, 0.6) is 0 Å². The average Bonchev–Trinajstić information content (AvgIpc) is 2.32. The number of anilines is 1. The molecule has 3 heteroatoms. The van der Waals surface area contributed by atoms with Crippen molar-refractivity contribution < 1.29 is 4.79 Å². The van der Waals surface area contributed by atoms with Crippen LogP contribution in [0.4, 0.5) is 5.69 Å². The Morgan fingerprint density at radius 2 is 1.76 bits per heavy atom. The minimum atomic E-state index is 0.0434. The molecule has 0 radical (unpaired) electrons. The zero-order valence-corrected chi connectivity index (χ0v) is 10.3. The van der Waals surface area contributed by atoms with Crippen LogP contribution in [0, 0.1) is 0 Å². The van der Waals surface area contributed by atoms with Crippen LogP contribution >= 0.6 is 11.8 Å². The Kier molecular flexibility index (Phi) is 3.49. The van der Waals surface area contributed by atoms with E-state index >= 15 is 0 Å². The highest BCUT2D eigenvalue weighted by Crippen LogP contribution is 2.34. The first-order chi connectivity index (χ1) is 8.18. The third-order valence-corrected chi connectivity index (χ3v) is 3.27. The van der Waals surface area contributed by atoms with Crippen molar-refractivity contribution >= 4 is 22.6 Å². The fourth-order valence-corrected chi connectivity index (χ4v) is 2.33. The third-order valence-electron chi connectivity index (χ3n) is 2.40. The number of benzene rings is 2. The summed E-state index contributed by atoms with van der Waals surface area (Å²) in [5, 5.41) is 0.0434. The third kappa shape index (κ3) is 2.68. The molecule has 0 bridgehead atoms. The second-order valence-corrected chi connectivity index (χ2v) is 4.90. The summed E-state index contributed by atoms with van der Waals surface area (Å²) in [4.78, 5) is 11.9. The topological polar surface area (TPSA) is 43.1 Å². The minimum absolute atomic E-state index is 0.0434. The average molecular weight is 243 g/mol. The minimum Gasteiger partial charge on any atom is -0.397 e. The van der Waals surface area contributed by atoms with Crippen molar-refractivity contribution in [3.63, 3.8) is 0 Å². The number of hydrogen-bond donors (Lipinski definition) is 1. The van der Waals surface area contributed by atoms with Gasteiger partial charge < -0.3 is 5.73 Å². The predicted molar refractivity (Wildman–Crippen MR) is 72.8 cm³/mol. The number of nitrogen functional groups attached to an aromatic ring is 1. The summed E-state index contributed by atoms with van der Waals surface area (Å²) in [6.07, 6.45) is 0. The molecule has 86 valence electrons. The Labute approximate surface area is 105 Å². The Bertz CT molecular complexity index is 537. The first-order valence-electron chi connectivity index (χ1n) is 5.31. The highest BCUT2D eigenvalue weighted by atomic mass is 32.2. The molecule has 0 saturated heterocycles. The quantitative estimate of drug-likeness (QED) is 0.647. The number of carbonyl (C=O) groups excluding carboxylic acids is 1. The van der Waals surface area contributed by atoms with Gasteiger partial charge in [-0.05, 0) is 11.6 Å². The molecule has 0 heterocycles. The van der Waals surface area contributed by atoms with Crippen LogP contribution in [-0.2, 0) is 4.79 Å². The van der Waals surface area contributed by atoms with Gasteiger partial charge in [0.05, 0.1) is 5.69 Å². The molecule has 2 nitrogen and oxygen atoms in total. The van der Waals surface area contributed by atoms with E-state index in [9.17, 15) is 4.79 Å². The molecule has 2 aromatic carbocycles. The monoisotopic (exact) mass is 243 g/mol. The summed E-state index contributed by atoms with van der Waals surface area (Å²) >= 11 is 1.17. The SMILES string of the molecule is CC(=O)Sc1cccc(-c2ccccc2)c1N. The molecule has 0 atom stereocenters. The van der Waals surface area contributed by atoms with Gasteiger partial charge in [0, 0.05) is 17.4 Å². The van der Waals surface area contributed by atoms with Crippen LogP contribution in [0.15, 0.2) is 53.4 Å². The smallest absolute Gasteiger partial charge is 0.190 e. The maximum absolute atomic E-state index is 11.1. The summed E-state index contributed by atoms with van der Waals surface area (Å²) in [7, 11) is 0. The number of thioether (sulfide) groups is 1. The Balaban J connectivity index is 2.46. The number of para-hydroxylation sites is 1. The molecule has 0 aromatic heterocycles. The lowest BCUT2D eigenvalue weighted by atomic mass is 10.0. The summed E-state index contributed by atoms with van der Waals surface area (Å²) in [6.45, 7) is 1.54. The van der Waals surface area contributed by atoms with Crippen molar-refractivity contribution in [1.29, 1.82) is 0 Å². The van der Waals surface area contributed by atoms with Crippen LogP contribution in [0.3, 0.4) is 0 Å². The second kappa shape index (κ2) is 5.06. The van der Waals surface area contributed by atoms with E-state index in [-0.39, 0.29) is 5.12 Å². The van der Waals surface area contributed by atoms with E-state index in [4.69, 9.17) is 5.73 Å². The normalized spacial score (nSPS) is 10.2. The second-order valence-electron chi connectivity index (χ2n) is 3.68. The van der Waals surface area contributed by atoms with E-state index in [1.165, 1.54) is 11.8 Å². The Morgan fingerprint density at radius 1 is 1.06 bits per heavy atom. The van der Waals surface area contributed by atoms with Crippen molar-refractivity contribution in [3.8, 4) is 11.1 Å². The van der Waals surface area contributed by atoms with E-state index in [1.807, 2.05) is 48.5 Å². The zero-order valence-electron chi connectivity index (χ0n) is 9.51. The van der Waals surface area contributed by atoms with E-state index in [2.05, 4.69) is 0 Å².